The molecular formula is C17H27N3OS. The Morgan fingerprint density at radius 3 is 2.45 bits per heavy atom. The van der Waals surface area contributed by atoms with Gasteiger partial charge in [-0.05, 0) is 38.9 Å². The van der Waals surface area contributed by atoms with E-state index < -0.39 is 0 Å². The molecule has 0 spiro atoms. The fourth-order valence-corrected chi connectivity index (χ4v) is 3.83. The first-order chi connectivity index (χ1) is 10.5. The lowest BCUT2D eigenvalue weighted by molar-refractivity contribution is 0.287. The number of aromatic nitrogens is 2. The lowest BCUT2D eigenvalue weighted by Gasteiger charge is -2.20. The second kappa shape index (κ2) is 7.38. The van der Waals surface area contributed by atoms with Crippen molar-refractivity contribution in [3.63, 3.8) is 0 Å². The average molecular weight is 321 g/mol. The van der Waals surface area contributed by atoms with Crippen LogP contribution < -0.4 is 5.56 Å². The summed E-state index contributed by atoms with van der Waals surface area (Å²) in [5.41, 5.74) is 1.24. The van der Waals surface area contributed by atoms with Gasteiger partial charge in [-0.3, -0.25) is 9.36 Å². The molecule has 2 aromatic rings. The molecule has 0 aromatic carbocycles. The minimum absolute atomic E-state index is 0.141. The van der Waals surface area contributed by atoms with Gasteiger partial charge in [0.05, 0.1) is 5.39 Å². The number of rotatable bonds is 7. The summed E-state index contributed by atoms with van der Waals surface area (Å²) in [7, 11) is 0. The van der Waals surface area contributed by atoms with Crippen LogP contribution >= 0.6 is 11.3 Å². The van der Waals surface area contributed by atoms with Crippen molar-refractivity contribution >= 4 is 21.6 Å². The Bertz CT molecular complexity index is 698. The molecule has 2 aromatic heterocycles. The third-order valence-electron chi connectivity index (χ3n) is 4.38. The summed E-state index contributed by atoms with van der Waals surface area (Å²) in [5, 5.41) is 0.821. The van der Waals surface area contributed by atoms with Gasteiger partial charge in [0.25, 0.3) is 5.56 Å². The zero-order valence-corrected chi connectivity index (χ0v) is 15.2. The first-order valence-electron chi connectivity index (χ1n) is 8.25. The molecule has 0 aliphatic heterocycles. The van der Waals surface area contributed by atoms with Gasteiger partial charge in [-0.25, -0.2) is 4.98 Å². The molecule has 0 aliphatic carbocycles. The van der Waals surface area contributed by atoms with Crippen molar-refractivity contribution in [2.75, 3.05) is 19.6 Å². The summed E-state index contributed by atoms with van der Waals surface area (Å²) < 4.78 is 1.91. The average Bonchev–Trinajstić information content (AvgIpc) is 2.78. The largest absolute Gasteiger partial charge is 0.302 e. The van der Waals surface area contributed by atoms with Gasteiger partial charge in [-0.1, -0.05) is 20.8 Å². The van der Waals surface area contributed by atoms with Crippen molar-refractivity contribution in [2.24, 2.45) is 0 Å². The van der Waals surface area contributed by atoms with Gasteiger partial charge in [-0.15, -0.1) is 11.3 Å². The minimum atomic E-state index is 0.141. The molecule has 22 heavy (non-hydrogen) atoms. The van der Waals surface area contributed by atoms with E-state index in [9.17, 15) is 4.79 Å². The molecule has 5 heteroatoms. The van der Waals surface area contributed by atoms with Gasteiger partial charge in [0, 0.05) is 24.4 Å². The molecule has 0 atom stereocenters. The summed E-state index contributed by atoms with van der Waals surface area (Å²) >= 11 is 1.64. The standard InChI is InChI=1S/C17H27N3OS/c1-6-9-14-18-16-15(12(4)13(5)22-16)17(21)20(14)11-10-19(7-2)8-3/h6-11H2,1-5H3. The maximum absolute atomic E-state index is 13.0. The zero-order valence-electron chi connectivity index (χ0n) is 14.4. The molecule has 2 rings (SSSR count). The predicted molar refractivity (Wildman–Crippen MR) is 95.1 cm³/mol. The van der Waals surface area contributed by atoms with Gasteiger partial charge < -0.3 is 4.90 Å². The number of fused-ring (bicyclic) bond motifs is 1. The van der Waals surface area contributed by atoms with Crippen molar-refractivity contribution in [1.82, 2.24) is 14.5 Å². The van der Waals surface area contributed by atoms with E-state index in [2.05, 4.69) is 32.6 Å². The van der Waals surface area contributed by atoms with Crippen LogP contribution in [0.15, 0.2) is 4.79 Å². The lowest BCUT2D eigenvalue weighted by atomic mass is 10.2. The van der Waals surface area contributed by atoms with E-state index in [-0.39, 0.29) is 5.56 Å². The van der Waals surface area contributed by atoms with E-state index in [0.717, 1.165) is 60.6 Å². The first kappa shape index (κ1) is 17.2. The second-order valence-corrected chi connectivity index (χ2v) is 6.93. The third-order valence-corrected chi connectivity index (χ3v) is 5.48. The fraction of sp³-hybridized carbons (Fsp3) is 0.647. The first-order valence-corrected chi connectivity index (χ1v) is 9.06. The molecule has 122 valence electrons. The molecule has 0 unspecified atom stereocenters. The van der Waals surface area contributed by atoms with Crippen molar-refractivity contribution in [1.29, 1.82) is 0 Å². The minimum Gasteiger partial charge on any atom is -0.302 e. The molecule has 0 fully saturated rings. The van der Waals surface area contributed by atoms with Crippen molar-refractivity contribution < 1.29 is 0 Å². The third kappa shape index (κ3) is 3.25. The van der Waals surface area contributed by atoms with Crippen LogP contribution in [0.25, 0.3) is 10.2 Å². The molecule has 4 nitrogen and oxygen atoms in total. The Morgan fingerprint density at radius 2 is 1.86 bits per heavy atom. The van der Waals surface area contributed by atoms with E-state index >= 15 is 0 Å². The van der Waals surface area contributed by atoms with Crippen LogP contribution in [0.5, 0.6) is 0 Å². The Labute approximate surface area is 136 Å². The number of hydrogen-bond acceptors (Lipinski definition) is 4. The summed E-state index contributed by atoms with van der Waals surface area (Å²) in [6.45, 7) is 14.2. The van der Waals surface area contributed by atoms with Crippen LogP contribution in [0.3, 0.4) is 0 Å². The van der Waals surface area contributed by atoms with E-state index in [1.807, 2.05) is 11.5 Å². The SMILES string of the molecule is CCCc1nc2sc(C)c(C)c2c(=O)n1CCN(CC)CC. The van der Waals surface area contributed by atoms with Gasteiger partial charge >= 0.3 is 0 Å². The fourth-order valence-electron chi connectivity index (χ4n) is 2.80. The van der Waals surface area contributed by atoms with Gasteiger partial charge in [-0.2, -0.15) is 0 Å². The topological polar surface area (TPSA) is 38.1 Å². The molecule has 0 saturated heterocycles. The van der Waals surface area contributed by atoms with E-state index in [4.69, 9.17) is 4.98 Å². The highest BCUT2D eigenvalue weighted by atomic mass is 32.1. The predicted octanol–water partition coefficient (Wildman–Crippen LogP) is 3.37. The van der Waals surface area contributed by atoms with Crippen molar-refractivity contribution in [2.45, 2.75) is 54.0 Å². The van der Waals surface area contributed by atoms with Crippen molar-refractivity contribution in [3.8, 4) is 0 Å². The monoisotopic (exact) mass is 321 g/mol. The van der Waals surface area contributed by atoms with E-state index in [0.29, 0.717) is 0 Å². The summed E-state index contributed by atoms with van der Waals surface area (Å²) in [6, 6.07) is 0. The quantitative estimate of drug-likeness (QED) is 0.785. The Hall–Kier alpha value is -1.20. The molecule has 0 N–H and O–H groups in total. The molecule has 0 amide bonds. The van der Waals surface area contributed by atoms with Crippen molar-refractivity contribution in [3.05, 3.63) is 26.6 Å². The van der Waals surface area contributed by atoms with Crippen LogP contribution in [-0.2, 0) is 13.0 Å². The summed E-state index contributed by atoms with van der Waals surface area (Å²) in [5.74, 6) is 0.938. The molecule has 0 aliphatic rings. The number of aryl methyl sites for hydroxylation is 3. The van der Waals surface area contributed by atoms with Crippen LogP contribution in [0.1, 0.15) is 43.5 Å². The Kier molecular flexibility index (Phi) is 5.75. The van der Waals surface area contributed by atoms with Crippen LogP contribution in [0.4, 0.5) is 0 Å². The summed E-state index contributed by atoms with van der Waals surface area (Å²) in [6.07, 6.45) is 1.87. The molecular weight excluding hydrogens is 294 g/mol. The van der Waals surface area contributed by atoms with Gasteiger partial charge in [0.2, 0.25) is 0 Å². The molecule has 0 bridgehead atoms. The smallest absolute Gasteiger partial charge is 0.262 e. The number of hydrogen-bond donors (Lipinski definition) is 0. The number of likely N-dealkylation sites (N-methyl/N-ethyl adjacent to an activating group) is 1. The number of thiophene rings is 1. The lowest BCUT2D eigenvalue weighted by Crippen LogP contribution is -2.33. The van der Waals surface area contributed by atoms with Crippen LogP contribution in [0.2, 0.25) is 0 Å². The highest BCUT2D eigenvalue weighted by molar-refractivity contribution is 7.18. The normalized spacial score (nSPS) is 11.7. The van der Waals surface area contributed by atoms with Gasteiger partial charge in [0.15, 0.2) is 0 Å². The highest BCUT2D eigenvalue weighted by Crippen LogP contribution is 2.26. The molecule has 2 heterocycles. The maximum Gasteiger partial charge on any atom is 0.262 e. The zero-order chi connectivity index (χ0) is 16.3. The van der Waals surface area contributed by atoms with E-state index in [1.54, 1.807) is 11.3 Å². The van der Waals surface area contributed by atoms with E-state index in [1.165, 1.54) is 4.88 Å². The molecule has 0 radical (unpaired) electrons. The van der Waals surface area contributed by atoms with Gasteiger partial charge in [0.1, 0.15) is 10.7 Å². The van der Waals surface area contributed by atoms with Crippen LogP contribution in [-0.4, -0.2) is 34.1 Å². The molecule has 0 saturated carbocycles. The highest BCUT2D eigenvalue weighted by Gasteiger charge is 2.16. The second-order valence-electron chi connectivity index (χ2n) is 5.73. The summed E-state index contributed by atoms with van der Waals surface area (Å²) in [4.78, 5) is 22.2. The Balaban J connectivity index is 2.49. The maximum atomic E-state index is 13.0. The Morgan fingerprint density at radius 1 is 1.18 bits per heavy atom. The number of nitrogens with zero attached hydrogens (tertiary/aromatic N) is 3. The van der Waals surface area contributed by atoms with Crippen LogP contribution in [0, 0.1) is 13.8 Å².